The zero-order valence-corrected chi connectivity index (χ0v) is 22.1. The highest BCUT2D eigenvalue weighted by Gasteiger charge is 2.68. The molecule has 2 fully saturated rings. The van der Waals surface area contributed by atoms with Crippen molar-refractivity contribution in [1.29, 1.82) is 0 Å². The molecule has 6 heteroatoms. The third-order valence-corrected chi connectivity index (χ3v) is 9.29. The van der Waals surface area contributed by atoms with Crippen LogP contribution in [0.25, 0.3) is 0 Å². The largest absolute Gasteiger partial charge is 0.492 e. The molecule has 3 aliphatic carbocycles. The molecule has 0 aromatic rings. The van der Waals surface area contributed by atoms with E-state index < -0.39 is 17.8 Å². The second-order valence-electron chi connectivity index (χ2n) is 11.2. The van der Waals surface area contributed by atoms with Crippen molar-refractivity contribution < 1.29 is 28.8 Å². The minimum Gasteiger partial charge on any atom is -0.492 e. The van der Waals surface area contributed by atoms with Crippen molar-refractivity contribution in [2.24, 2.45) is 29.6 Å². The van der Waals surface area contributed by atoms with Crippen LogP contribution in [-0.2, 0) is 23.7 Å². The fraction of sp³-hybridized carbons (Fsp3) is 0.633. The van der Waals surface area contributed by atoms with Gasteiger partial charge in [-0.25, -0.2) is 4.79 Å². The Morgan fingerprint density at radius 2 is 2.08 bits per heavy atom. The molecule has 0 aromatic heterocycles. The highest BCUT2D eigenvalue weighted by Crippen LogP contribution is 2.61. The van der Waals surface area contributed by atoms with E-state index in [9.17, 15) is 9.90 Å². The maximum atomic E-state index is 13.0. The van der Waals surface area contributed by atoms with Crippen LogP contribution in [0, 0.1) is 29.6 Å². The van der Waals surface area contributed by atoms with E-state index in [1.54, 1.807) is 13.2 Å². The molecule has 1 saturated carbocycles. The van der Waals surface area contributed by atoms with Crippen LogP contribution in [0.2, 0.25) is 0 Å². The van der Waals surface area contributed by atoms with Crippen molar-refractivity contribution in [2.45, 2.75) is 83.1 Å². The number of aliphatic hydroxyl groups excluding tert-OH is 1. The fourth-order valence-corrected chi connectivity index (χ4v) is 7.36. The monoisotopic (exact) mass is 496 g/mol. The average molecular weight is 497 g/mol. The van der Waals surface area contributed by atoms with Gasteiger partial charge in [-0.1, -0.05) is 63.8 Å². The van der Waals surface area contributed by atoms with Crippen LogP contribution in [0.15, 0.2) is 59.9 Å². The highest BCUT2D eigenvalue weighted by molar-refractivity contribution is 5.90. The van der Waals surface area contributed by atoms with Crippen LogP contribution in [-0.4, -0.2) is 54.3 Å². The van der Waals surface area contributed by atoms with Crippen molar-refractivity contribution in [3.05, 3.63) is 59.9 Å². The van der Waals surface area contributed by atoms with Gasteiger partial charge >= 0.3 is 5.97 Å². The number of allylic oxidation sites excluding steroid dienone is 3. The van der Waals surface area contributed by atoms with Gasteiger partial charge in [0.2, 0.25) is 0 Å². The molecule has 1 saturated heterocycles. The third-order valence-electron chi connectivity index (χ3n) is 9.29. The average Bonchev–Trinajstić information content (AvgIpc) is 3.46. The zero-order valence-electron chi connectivity index (χ0n) is 22.1. The van der Waals surface area contributed by atoms with Crippen LogP contribution in [0.5, 0.6) is 0 Å². The Balaban J connectivity index is 1.56. The van der Waals surface area contributed by atoms with Gasteiger partial charge in [-0.05, 0) is 31.8 Å². The first-order valence-corrected chi connectivity index (χ1v) is 13.4. The minimum atomic E-state index is -0.714. The topological polar surface area (TPSA) is 74.2 Å². The molecular formula is C30H40O6. The Morgan fingerprint density at radius 1 is 1.31 bits per heavy atom. The SMILES string of the molecule is C=C1O[C@@H](CC)[C@H](C)/C=C(\C)[C@]23O[C@@H]4[C@H](C=C[C@@H]2C[C@@H]1OC)[C@H]3[C@H](O)[C@@H](C)[C@H]4OC(=O)C1=CC=CC1. The molecule has 0 radical (unpaired) electrons. The summed E-state index contributed by atoms with van der Waals surface area (Å²) >= 11 is 0. The van der Waals surface area contributed by atoms with Gasteiger partial charge in [0.25, 0.3) is 0 Å². The molecule has 4 bridgehead atoms. The number of ether oxygens (including phenoxy) is 4. The van der Waals surface area contributed by atoms with E-state index in [0.29, 0.717) is 24.2 Å². The van der Waals surface area contributed by atoms with Crippen molar-refractivity contribution in [1.82, 2.24) is 0 Å². The summed E-state index contributed by atoms with van der Waals surface area (Å²) in [6, 6.07) is 0. The number of carbonyl (C=O) groups is 1. The first-order valence-electron chi connectivity index (χ1n) is 13.4. The Hall–Kier alpha value is -2.15. The second kappa shape index (κ2) is 9.62. The van der Waals surface area contributed by atoms with Crippen LogP contribution in [0.4, 0.5) is 0 Å². The summed E-state index contributed by atoms with van der Waals surface area (Å²) in [5.41, 5.74) is 1.03. The molecule has 5 aliphatic rings. The molecule has 1 N–H and O–H groups in total. The van der Waals surface area contributed by atoms with E-state index in [-0.39, 0.29) is 53.9 Å². The number of carbonyl (C=O) groups excluding carboxylic acids is 1. The maximum absolute atomic E-state index is 13.0. The minimum absolute atomic E-state index is 0.0281. The molecule has 6 nitrogen and oxygen atoms in total. The van der Waals surface area contributed by atoms with Crippen LogP contribution in [0.1, 0.15) is 47.0 Å². The molecule has 0 aromatic carbocycles. The van der Waals surface area contributed by atoms with E-state index in [2.05, 4.69) is 45.6 Å². The van der Waals surface area contributed by atoms with Gasteiger partial charge in [-0.3, -0.25) is 0 Å². The predicted molar refractivity (Wildman–Crippen MR) is 137 cm³/mol. The van der Waals surface area contributed by atoms with E-state index in [0.717, 1.165) is 12.0 Å². The Labute approximate surface area is 214 Å². The third kappa shape index (κ3) is 3.84. The van der Waals surface area contributed by atoms with Gasteiger partial charge in [0, 0.05) is 42.3 Å². The molecule has 0 unspecified atom stereocenters. The summed E-state index contributed by atoms with van der Waals surface area (Å²) < 4.78 is 25.3. The predicted octanol–water partition coefficient (Wildman–Crippen LogP) is 4.66. The van der Waals surface area contributed by atoms with Crippen molar-refractivity contribution in [2.75, 3.05) is 7.11 Å². The van der Waals surface area contributed by atoms with Gasteiger partial charge in [-0.2, -0.15) is 0 Å². The Bertz CT molecular complexity index is 1020. The van der Waals surface area contributed by atoms with Crippen molar-refractivity contribution in [3.63, 3.8) is 0 Å². The van der Waals surface area contributed by atoms with Gasteiger partial charge in [0.05, 0.1) is 6.10 Å². The molecule has 1 spiro atoms. The molecule has 36 heavy (non-hydrogen) atoms. The lowest BCUT2D eigenvalue weighted by Gasteiger charge is -2.49. The summed E-state index contributed by atoms with van der Waals surface area (Å²) in [7, 11) is 1.69. The zero-order chi connectivity index (χ0) is 25.8. The Morgan fingerprint density at radius 3 is 2.75 bits per heavy atom. The summed E-state index contributed by atoms with van der Waals surface area (Å²) in [4.78, 5) is 13.0. The summed E-state index contributed by atoms with van der Waals surface area (Å²) in [5.74, 6) is -0.0350. The van der Waals surface area contributed by atoms with Gasteiger partial charge < -0.3 is 24.1 Å². The summed E-state index contributed by atoms with van der Waals surface area (Å²) in [5, 5.41) is 11.8. The van der Waals surface area contributed by atoms with E-state index in [4.69, 9.17) is 18.9 Å². The number of hydrogen-bond acceptors (Lipinski definition) is 6. The first kappa shape index (κ1) is 25.5. The van der Waals surface area contributed by atoms with Crippen LogP contribution in [0.3, 0.4) is 0 Å². The molecule has 2 heterocycles. The fourth-order valence-electron chi connectivity index (χ4n) is 7.36. The van der Waals surface area contributed by atoms with E-state index >= 15 is 0 Å². The molecular weight excluding hydrogens is 456 g/mol. The normalized spacial score (nSPS) is 46.9. The van der Waals surface area contributed by atoms with Crippen LogP contribution >= 0.6 is 0 Å². The number of esters is 1. The molecule has 0 amide bonds. The van der Waals surface area contributed by atoms with Gasteiger partial charge in [0.1, 0.15) is 35.8 Å². The smallest absolute Gasteiger partial charge is 0.334 e. The van der Waals surface area contributed by atoms with Gasteiger partial charge in [-0.15, -0.1) is 0 Å². The lowest BCUT2D eigenvalue weighted by atomic mass is 9.57. The molecule has 11 atom stereocenters. The van der Waals surface area contributed by atoms with E-state index in [1.165, 1.54) is 0 Å². The maximum Gasteiger partial charge on any atom is 0.334 e. The van der Waals surface area contributed by atoms with Crippen molar-refractivity contribution in [3.8, 4) is 0 Å². The second-order valence-corrected chi connectivity index (χ2v) is 11.2. The highest BCUT2D eigenvalue weighted by atomic mass is 16.6. The first-order chi connectivity index (χ1) is 17.2. The lowest BCUT2D eigenvalue weighted by molar-refractivity contribution is -0.165. The molecule has 196 valence electrons. The number of hydrogen-bond donors (Lipinski definition) is 1. The summed E-state index contributed by atoms with van der Waals surface area (Å²) in [6.07, 6.45) is 12.5. The molecule has 5 rings (SSSR count). The Kier molecular flexibility index (Phi) is 6.81. The lowest BCUT2D eigenvalue weighted by Crippen LogP contribution is -2.57. The number of methoxy groups -OCH3 is 1. The van der Waals surface area contributed by atoms with Crippen molar-refractivity contribution >= 4 is 5.97 Å². The van der Waals surface area contributed by atoms with Gasteiger partial charge in [0.15, 0.2) is 0 Å². The standard InChI is InChI=1S/C30H40O6/c1-7-23-16(2)14-17(3)30-21(15-24(33-6)19(5)34-23)12-13-22-25(30)26(31)18(4)27(28(22)36-30)35-29(32)20-10-8-9-11-20/h8-10,12-14,16,18,21-28,31H,5,7,11,15H2,1-4,6H3/b17-14+/t16-,18-,21-,22-,23+,24+,25+,26-,27-,28-,30+/m1/s1. The molecule has 2 aliphatic heterocycles. The number of aliphatic hydroxyl groups is 1. The van der Waals surface area contributed by atoms with E-state index in [1.807, 2.05) is 19.1 Å². The van der Waals surface area contributed by atoms with Crippen LogP contribution < -0.4 is 0 Å². The summed E-state index contributed by atoms with van der Waals surface area (Å²) in [6.45, 7) is 12.6. The number of rotatable bonds is 4. The quantitative estimate of drug-likeness (QED) is 0.451.